The summed E-state index contributed by atoms with van der Waals surface area (Å²) in [7, 11) is -9.57. The van der Waals surface area contributed by atoms with E-state index < -0.39 is 63.5 Å². The average Bonchev–Trinajstić information content (AvgIpc) is 2.94. The van der Waals surface area contributed by atoms with E-state index in [9.17, 15) is 33.8 Å². The van der Waals surface area contributed by atoms with Gasteiger partial charge in [0.05, 0.1) is 12.2 Å². The Morgan fingerprint density at radius 3 is 2.32 bits per heavy atom. The molecule has 1 aromatic heterocycles. The van der Waals surface area contributed by atoms with E-state index in [4.69, 9.17) is 14.5 Å². The van der Waals surface area contributed by atoms with Crippen LogP contribution < -0.4 is 11.2 Å². The van der Waals surface area contributed by atoms with E-state index in [1.54, 1.807) is 30.3 Å². The van der Waals surface area contributed by atoms with Crippen LogP contribution in [0.15, 0.2) is 46.1 Å². The quantitative estimate of drug-likeness (QED) is 0.270. The smallest absolute Gasteiger partial charge is 0.340 e. The summed E-state index contributed by atoms with van der Waals surface area (Å²) in [4.78, 5) is 53.7. The lowest BCUT2D eigenvalue weighted by Crippen LogP contribution is -2.38. The molecule has 31 heavy (non-hydrogen) atoms. The van der Waals surface area contributed by atoms with Crippen molar-refractivity contribution in [2.45, 2.75) is 24.5 Å². The van der Waals surface area contributed by atoms with Crippen LogP contribution in [0.2, 0.25) is 0 Å². The van der Waals surface area contributed by atoms with E-state index in [1.165, 1.54) is 0 Å². The predicted octanol–water partition coefficient (Wildman–Crippen LogP) is -0.840. The Kier molecular flexibility index (Phi) is 6.82. The zero-order valence-corrected chi connectivity index (χ0v) is 17.5. The Morgan fingerprint density at radius 2 is 1.71 bits per heavy atom. The number of aliphatic hydroxyl groups excluding tert-OH is 2. The number of H-pyrrole nitrogens is 1. The van der Waals surface area contributed by atoms with Gasteiger partial charge < -0.3 is 34.2 Å². The highest BCUT2D eigenvalue weighted by molar-refractivity contribution is 7.70. The fourth-order valence-corrected chi connectivity index (χ4v) is 5.63. The SMILES string of the molecule is O=c1[nH]c(=O)n([C@@H]2O[C@H](COP(=O)(O)CP(=O)(O)O)[C@@H](O)[C@H]2O)cc1-c1ccccc1. The third-order valence-electron chi connectivity index (χ3n) is 4.47. The van der Waals surface area contributed by atoms with Crippen molar-refractivity contribution >= 4 is 15.2 Å². The van der Waals surface area contributed by atoms with Crippen molar-refractivity contribution in [2.24, 2.45) is 0 Å². The number of aliphatic hydroxyl groups is 2. The number of hydrogen-bond donors (Lipinski definition) is 6. The molecule has 5 atom stereocenters. The molecule has 6 N–H and O–H groups in total. The third kappa shape index (κ3) is 5.66. The van der Waals surface area contributed by atoms with Gasteiger partial charge in [-0.25, -0.2) is 4.79 Å². The maximum atomic E-state index is 12.3. The molecule has 13 nitrogen and oxygen atoms in total. The first-order valence-corrected chi connectivity index (χ1v) is 12.4. The molecule has 15 heteroatoms. The van der Waals surface area contributed by atoms with Crippen molar-refractivity contribution in [3.05, 3.63) is 57.4 Å². The van der Waals surface area contributed by atoms with Gasteiger partial charge in [0.25, 0.3) is 5.56 Å². The Hall–Kier alpha value is -1.92. The first-order valence-electron chi connectivity index (χ1n) is 8.81. The molecule has 2 heterocycles. The molecule has 1 aliphatic rings. The molecule has 0 saturated carbocycles. The standard InChI is InChI=1S/C16H20N2O11P2/c19-12-11(7-28-31(26,27)8-30(23,24)25)29-15(13(12)20)18-6-10(14(21)17-16(18)22)9-4-2-1-3-5-9/h1-6,11-13,15,19-20H,7-8H2,(H,26,27)(H,17,21,22)(H2,23,24,25)/t11-,12-,13-,15-/m1/s1. The minimum Gasteiger partial charge on any atom is -0.387 e. The average molecular weight is 478 g/mol. The van der Waals surface area contributed by atoms with Crippen LogP contribution in [0.3, 0.4) is 0 Å². The van der Waals surface area contributed by atoms with Gasteiger partial charge in [0.1, 0.15) is 18.3 Å². The van der Waals surface area contributed by atoms with Gasteiger partial charge in [-0.05, 0) is 5.56 Å². The van der Waals surface area contributed by atoms with Gasteiger partial charge >= 0.3 is 20.9 Å². The van der Waals surface area contributed by atoms with Crippen LogP contribution in [0.4, 0.5) is 0 Å². The predicted molar refractivity (Wildman–Crippen MR) is 105 cm³/mol. The Morgan fingerprint density at radius 1 is 1.06 bits per heavy atom. The normalized spacial score (nSPS) is 26.0. The second-order valence-corrected chi connectivity index (χ2v) is 10.9. The van der Waals surface area contributed by atoms with E-state index in [2.05, 4.69) is 9.51 Å². The number of rotatable bonds is 7. The summed E-state index contributed by atoms with van der Waals surface area (Å²) in [6, 6.07) is 8.32. The number of ether oxygens (including phenoxy) is 1. The Balaban J connectivity index is 1.83. The molecule has 1 aliphatic heterocycles. The molecule has 2 aromatic rings. The highest BCUT2D eigenvalue weighted by Gasteiger charge is 2.45. The van der Waals surface area contributed by atoms with Crippen molar-refractivity contribution in [1.82, 2.24) is 9.55 Å². The van der Waals surface area contributed by atoms with Crippen molar-refractivity contribution in [3.8, 4) is 11.1 Å². The second kappa shape index (κ2) is 8.91. The molecule has 170 valence electrons. The third-order valence-corrected chi connectivity index (χ3v) is 7.92. The maximum Gasteiger partial charge on any atom is 0.340 e. The van der Waals surface area contributed by atoms with E-state index in [0.717, 1.165) is 10.8 Å². The summed E-state index contributed by atoms with van der Waals surface area (Å²) in [5.74, 6) is -1.44. The van der Waals surface area contributed by atoms with E-state index >= 15 is 0 Å². The fraction of sp³-hybridized carbons (Fsp3) is 0.375. The molecule has 0 aliphatic carbocycles. The molecular weight excluding hydrogens is 458 g/mol. The first-order chi connectivity index (χ1) is 14.4. The summed E-state index contributed by atoms with van der Waals surface area (Å²) in [6.45, 7) is -0.799. The minimum atomic E-state index is -4.85. The van der Waals surface area contributed by atoms with Gasteiger partial charge in [0.15, 0.2) is 12.1 Å². The highest BCUT2D eigenvalue weighted by atomic mass is 31.2. The largest absolute Gasteiger partial charge is 0.387 e. The molecule has 0 amide bonds. The van der Waals surface area contributed by atoms with E-state index in [1.807, 2.05) is 0 Å². The molecule has 1 fully saturated rings. The molecule has 3 rings (SSSR count). The van der Waals surface area contributed by atoms with Gasteiger partial charge in [-0.1, -0.05) is 30.3 Å². The van der Waals surface area contributed by atoms with Crippen LogP contribution >= 0.6 is 15.2 Å². The van der Waals surface area contributed by atoms with Gasteiger partial charge in [-0.3, -0.25) is 23.5 Å². The minimum absolute atomic E-state index is 0.0895. The number of aromatic nitrogens is 2. The molecule has 1 aromatic carbocycles. The lowest BCUT2D eigenvalue weighted by molar-refractivity contribution is -0.0523. The first kappa shape index (κ1) is 23.7. The van der Waals surface area contributed by atoms with Crippen LogP contribution in [-0.2, 0) is 18.4 Å². The molecular formula is C16H20N2O11P2. The topological polar surface area (TPSA) is 209 Å². The fourth-order valence-electron chi connectivity index (χ4n) is 3.06. The van der Waals surface area contributed by atoms with Gasteiger partial charge in [-0.2, -0.15) is 0 Å². The maximum absolute atomic E-state index is 12.3. The molecule has 0 spiro atoms. The van der Waals surface area contributed by atoms with Crippen molar-refractivity contribution < 1.29 is 43.3 Å². The van der Waals surface area contributed by atoms with Crippen LogP contribution in [0.25, 0.3) is 11.1 Å². The van der Waals surface area contributed by atoms with Gasteiger partial charge in [0, 0.05) is 6.20 Å². The summed E-state index contributed by atoms with van der Waals surface area (Å²) < 4.78 is 33.5. The number of benzene rings is 1. The molecule has 0 radical (unpaired) electrons. The molecule has 1 unspecified atom stereocenters. The van der Waals surface area contributed by atoms with Crippen LogP contribution in [0, 0.1) is 0 Å². The molecule has 0 bridgehead atoms. The monoisotopic (exact) mass is 478 g/mol. The van der Waals surface area contributed by atoms with Crippen LogP contribution in [0.1, 0.15) is 6.23 Å². The zero-order chi connectivity index (χ0) is 23.0. The Bertz CT molecular complexity index is 1140. The van der Waals surface area contributed by atoms with Crippen LogP contribution in [-0.4, -0.2) is 65.3 Å². The Labute approximate surface area is 174 Å². The van der Waals surface area contributed by atoms with E-state index in [0.29, 0.717) is 5.56 Å². The van der Waals surface area contributed by atoms with Crippen molar-refractivity contribution in [3.63, 3.8) is 0 Å². The van der Waals surface area contributed by atoms with Gasteiger partial charge in [0.2, 0.25) is 0 Å². The number of hydrogen-bond acceptors (Lipinski definition) is 8. The lowest BCUT2D eigenvalue weighted by Gasteiger charge is -2.18. The summed E-state index contributed by atoms with van der Waals surface area (Å²) in [6.07, 6.45) is -5.09. The highest BCUT2D eigenvalue weighted by Crippen LogP contribution is 2.55. The van der Waals surface area contributed by atoms with Crippen molar-refractivity contribution in [1.29, 1.82) is 0 Å². The summed E-state index contributed by atoms with van der Waals surface area (Å²) in [5, 5.41) is 20.5. The number of aromatic amines is 1. The van der Waals surface area contributed by atoms with Gasteiger partial charge in [-0.15, -0.1) is 0 Å². The number of nitrogens with zero attached hydrogens (tertiary/aromatic N) is 1. The second-order valence-electron chi connectivity index (χ2n) is 6.86. The zero-order valence-electron chi connectivity index (χ0n) is 15.7. The molecule has 1 saturated heterocycles. The van der Waals surface area contributed by atoms with Crippen molar-refractivity contribution in [2.75, 3.05) is 12.5 Å². The van der Waals surface area contributed by atoms with Crippen LogP contribution in [0.5, 0.6) is 0 Å². The number of nitrogens with one attached hydrogen (secondary N) is 1. The lowest BCUT2D eigenvalue weighted by atomic mass is 10.1. The van der Waals surface area contributed by atoms with E-state index in [-0.39, 0.29) is 5.56 Å². The summed E-state index contributed by atoms with van der Waals surface area (Å²) in [5.41, 5.74) is -1.05. The summed E-state index contributed by atoms with van der Waals surface area (Å²) >= 11 is 0.